The van der Waals surface area contributed by atoms with E-state index in [9.17, 15) is 19.7 Å². The molecule has 2 atom stereocenters. The number of esters is 1. The number of nitro groups is 1. The van der Waals surface area contributed by atoms with E-state index in [1.165, 1.54) is 18.6 Å². The normalized spacial score (nSPS) is 22.4. The van der Waals surface area contributed by atoms with Crippen LogP contribution < -0.4 is 0 Å². The molecule has 2 aliphatic rings. The highest BCUT2D eigenvalue weighted by atomic mass is 35.5. The second-order valence-corrected chi connectivity index (χ2v) is 7.25. The van der Waals surface area contributed by atoms with Gasteiger partial charge in [0.05, 0.1) is 10.5 Å². The van der Waals surface area contributed by atoms with Gasteiger partial charge in [-0.1, -0.05) is 24.4 Å². The van der Waals surface area contributed by atoms with Crippen molar-refractivity contribution in [2.45, 2.75) is 44.6 Å². The van der Waals surface area contributed by atoms with Crippen molar-refractivity contribution in [1.82, 2.24) is 4.90 Å². The van der Waals surface area contributed by atoms with Crippen LogP contribution in [-0.2, 0) is 9.53 Å². The van der Waals surface area contributed by atoms with E-state index in [1.54, 1.807) is 0 Å². The number of rotatable bonds is 4. The maximum atomic E-state index is 12.5. The van der Waals surface area contributed by atoms with E-state index in [2.05, 4.69) is 0 Å². The minimum atomic E-state index is -0.768. The van der Waals surface area contributed by atoms with E-state index in [1.807, 2.05) is 4.90 Å². The molecule has 26 heavy (non-hydrogen) atoms. The fourth-order valence-corrected chi connectivity index (χ4v) is 4.19. The summed E-state index contributed by atoms with van der Waals surface area (Å²) >= 11 is 5.74. The second kappa shape index (κ2) is 8.03. The van der Waals surface area contributed by atoms with Crippen LogP contribution in [0.5, 0.6) is 0 Å². The molecule has 1 heterocycles. The van der Waals surface area contributed by atoms with Crippen molar-refractivity contribution in [2.75, 3.05) is 13.2 Å². The molecule has 7 nitrogen and oxygen atoms in total. The lowest BCUT2D eigenvalue weighted by molar-refractivity contribution is -0.384. The Bertz CT molecular complexity index is 722. The van der Waals surface area contributed by atoms with E-state index < -0.39 is 10.9 Å². The minimum absolute atomic E-state index is 0.00286. The van der Waals surface area contributed by atoms with Crippen LogP contribution in [-0.4, -0.2) is 40.9 Å². The molecule has 1 saturated heterocycles. The summed E-state index contributed by atoms with van der Waals surface area (Å²) in [5.74, 6) is -0.412. The third-order valence-corrected chi connectivity index (χ3v) is 5.59. The maximum Gasteiger partial charge on any atom is 0.338 e. The van der Waals surface area contributed by atoms with Crippen LogP contribution in [0.4, 0.5) is 5.69 Å². The molecule has 1 amide bonds. The molecule has 1 aliphatic heterocycles. The Morgan fingerprint density at radius 2 is 1.96 bits per heavy atom. The molecule has 2 fully saturated rings. The fraction of sp³-hybridized carbons (Fsp3) is 0.556. The molecule has 1 saturated carbocycles. The highest BCUT2D eigenvalue weighted by Crippen LogP contribution is 2.35. The fourth-order valence-electron chi connectivity index (χ4n) is 4.01. The molecule has 0 radical (unpaired) electrons. The number of benzene rings is 1. The van der Waals surface area contributed by atoms with Gasteiger partial charge in [-0.15, -0.1) is 0 Å². The standard InChI is InChI=1S/C18H21ClN2O5/c19-14-8-7-13(10-16(14)21(24)25)18(23)26-11-17(22)20-9-3-5-12-4-1-2-6-15(12)20/h7-8,10,12,15H,1-6,9,11H2/t12-,15+/m1/s1. The van der Waals surface area contributed by atoms with Crippen molar-refractivity contribution in [3.05, 3.63) is 38.9 Å². The summed E-state index contributed by atoms with van der Waals surface area (Å²) in [4.78, 5) is 36.8. The lowest BCUT2D eigenvalue weighted by Crippen LogP contribution is -2.50. The average molecular weight is 381 g/mol. The molecule has 0 spiro atoms. The highest BCUT2D eigenvalue weighted by Gasteiger charge is 2.35. The van der Waals surface area contributed by atoms with Crippen LogP contribution >= 0.6 is 11.6 Å². The zero-order valence-electron chi connectivity index (χ0n) is 14.4. The van der Waals surface area contributed by atoms with Gasteiger partial charge in [-0.2, -0.15) is 0 Å². The lowest BCUT2D eigenvalue weighted by atomic mass is 9.78. The summed E-state index contributed by atoms with van der Waals surface area (Å²) in [6.45, 7) is 0.350. The Morgan fingerprint density at radius 1 is 1.23 bits per heavy atom. The van der Waals surface area contributed by atoms with Crippen molar-refractivity contribution in [3.8, 4) is 0 Å². The summed E-state index contributed by atoms with van der Waals surface area (Å²) in [5, 5.41) is 10.9. The third-order valence-electron chi connectivity index (χ3n) is 5.27. The summed E-state index contributed by atoms with van der Waals surface area (Å²) in [6, 6.07) is 3.93. The summed E-state index contributed by atoms with van der Waals surface area (Å²) in [7, 11) is 0. The Labute approximate surface area is 156 Å². The number of amides is 1. The van der Waals surface area contributed by atoms with Gasteiger partial charge in [-0.3, -0.25) is 14.9 Å². The molecule has 3 rings (SSSR count). The van der Waals surface area contributed by atoms with Gasteiger partial charge in [-0.25, -0.2) is 4.79 Å². The Balaban J connectivity index is 1.61. The Kier molecular flexibility index (Phi) is 5.76. The van der Waals surface area contributed by atoms with Crippen LogP contribution in [0.2, 0.25) is 5.02 Å². The number of nitro benzene ring substituents is 1. The zero-order chi connectivity index (χ0) is 18.7. The van der Waals surface area contributed by atoms with Crippen LogP contribution in [0.3, 0.4) is 0 Å². The quantitative estimate of drug-likeness (QED) is 0.452. The monoisotopic (exact) mass is 380 g/mol. The van der Waals surface area contributed by atoms with E-state index >= 15 is 0 Å². The maximum absolute atomic E-state index is 12.5. The summed E-state index contributed by atoms with van der Waals surface area (Å²) < 4.78 is 5.10. The number of hydrogen-bond acceptors (Lipinski definition) is 5. The van der Waals surface area contributed by atoms with E-state index in [-0.39, 0.29) is 34.8 Å². The zero-order valence-corrected chi connectivity index (χ0v) is 15.1. The predicted octanol–water partition coefficient (Wildman–Crippen LogP) is 3.59. The molecule has 0 bridgehead atoms. The highest BCUT2D eigenvalue weighted by molar-refractivity contribution is 6.32. The number of nitrogens with zero attached hydrogens (tertiary/aromatic N) is 2. The third kappa shape index (κ3) is 3.98. The van der Waals surface area contributed by atoms with Crippen LogP contribution in [0.15, 0.2) is 18.2 Å². The number of carbonyl (C=O) groups excluding carboxylic acids is 2. The number of likely N-dealkylation sites (tertiary alicyclic amines) is 1. The number of carbonyl (C=O) groups is 2. The SMILES string of the molecule is O=C(OCC(=O)N1CCC[C@H]2CCCC[C@@H]21)c1ccc(Cl)c([N+](=O)[O-])c1. The van der Waals surface area contributed by atoms with Crippen LogP contribution in [0, 0.1) is 16.0 Å². The van der Waals surface area contributed by atoms with Gasteiger partial charge in [0.25, 0.3) is 11.6 Å². The van der Waals surface area contributed by atoms with Crippen molar-refractivity contribution in [1.29, 1.82) is 0 Å². The van der Waals surface area contributed by atoms with E-state index in [0.29, 0.717) is 12.5 Å². The van der Waals surface area contributed by atoms with Crippen molar-refractivity contribution in [2.24, 2.45) is 5.92 Å². The number of halogens is 1. The van der Waals surface area contributed by atoms with Crippen molar-refractivity contribution < 1.29 is 19.2 Å². The molecule has 0 unspecified atom stereocenters. The summed E-state index contributed by atoms with van der Waals surface area (Å²) in [5.41, 5.74) is -0.364. The first-order valence-electron chi connectivity index (χ1n) is 8.88. The minimum Gasteiger partial charge on any atom is -0.452 e. The number of ether oxygens (including phenoxy) is 1. The largest absolute Gasteiger partial charge is 0.452 e. The van der Waals surface area contributed by atoms with Gasteiger partial charge in [0.1, 0.15) is 5.02 Å². The second-order valence-electron chi connectivity index (χ2n) is 6.84. The molecular formula is C18H21ClN2O5. The van der Waals surface area contributed by atoms with Gasteiger partial charge in [0, 0.05) is 18.7 Å². The molecule has 1 aromatic rings. The molecule has 1 aromatic carbocycles. The van der Waals surface area contributed by atoms with Gasteiger partial charge in [0.15, 0.2) is 6.61 Å². The van der Waals surface area contributed by atoms with Crippen molar-refractivity contribution >= 4 is 29.2 Å². The molecule has 8 heteroatoms. The van der Waals surface area contributed by atoms with E-state index in [4.69, 9.17) is 16.3 Å². The molecule has 0 aromatic heterocycles. The smallest absolute Gasteiger partial charge is 0.338 e. The summed E-state index contributed by atoms with van der Waals surface area (Å²) in [6.07, 6.45) is 6.63. The number of hydrogen-bond donors (Lipinski definition) is 0. The molecule has 140 valence electrons. The predicted molar refractivity (Wildman–Crippen MR) is 95.1 cm³/mol. The van der Waals surface area contributed by atoms with Gasteiger partial charge in [0.2, 0.25) is 0 Å². The number of fused-ring (bicyclic) bond motifs is 1. The first-order valence-corrected chi connectivity index (χ1v) is 9.25. The van der Waals surface area contributed by atoms with Gasteiger partial charge < -0.3 is 9.64 Å². The topological polar surface area (TPSA) is 89.8 Å². The first-order chi connectivity index (χ1) is 12.5. The van der Waals surface area contributed by atoms with E-state index in [0.717, 1.165) is 38.2 Å². The Morgan fingerprint density at radius 3 is 2.73 bits per heavy atom. The van der Waals surface area contributed by atoms with Gasteiger partial charge in [-0.05, 0) is 43.7 Å². The number of piperidine rings is 1. The average Bonchev–Trinajstić information content (AvgIpc) is 2.65. The van der Waals surface area contributed by atoms with Crippen molar-refractivity contribution in [3.63, 3.8) is 0 Å². The van der Waals surface area contributed by atoms with Gasteiger partial charge >= 0.3 is 5.97 Å². The molecular weight excluding hydrogens is 360 g/mol. The molecule has 1 aliphatic carbocycles. The van der Waals surface area contributed by atoms with Crippen LogP contribution in [0.25, 0.3) is 0 Å². The van der Waals surface area contributed by atoms with Crippen LogP contribution in [0.1, 0.15) is 48.9 Å². The lowest BCUT2D eigenvalue weighted by Gasteiger charge is -2.44. The Hall–Kier alpha value is -2.15. The molecule has 0 N–H and O–H groups in total. The first kappa shape index (κ1) is 18.6.